The number of alkyl halides is 2. The monoisotopic (exact) mass is 386 g/mol. The molecule has 0 atom stereocenters. The molecule has 1 fully saturated rings. The summed E-state index contributed by atoms with van der Waals surface area (Å²) in [4.78, 5) is 16.6. The van der Waals surface area contributed by atoms with Gasteiger partial charge in [-0.3, -0.25) is 4.79 Å². The van der Waals surface area contributed by atoms with E-state index in [1.54, 1.807) is 18.2 Å². The molecule has 0 aromatic heterocycles. The van der Waals surface area contributed by atoms with Crippen LogP contribution in [0, 0.1) is 13.8 Å². The zero-order valence-electron chi connectivity index (χ0n) is 16.1. The fourth-order valence-electron chi connectivity index (χ4n) is 3.28. The minimum Gasteiger partial charge on any atom is -0.435 e. The van der Waals surface area contributed by atoms with Gasteiger partial charge in [0.2, 0.25) is 5.91 Å². The van der Waals surface area contributed by atoms with E-state index in [2.05, 4.69) is 41.7 Å². The van der Waals surface area contributed by atoms with Crippen LogP contribution in [0.3, 0.4) is 0 Å². The van der Waals surface area contributed by atoms with Gasteiger partial charge >= 0.3 is 6.61 Å². The van der Waals surface area contributed by atoms with Crippen LogP contribution in [0.4, 0.5) is 14.5 Å². The molecular weight excluding hydrogens is 362 g/mol. The zero-order chi connectivity index (χ0) is 20.1. The molecule has 148 valence electrons. The third kappa shape index (κ3) is 4.88. The van der Waals surface area contributed by atoms with Gasteiger partial charge in [-0.2, -0.15) is 8.78 Å². The summed E-state index contributed by atoms with van der Waals surface area (Å²) in [6, 6.07) is 12.5. The fourth-order valence-corrected chi connectivity index (χ4v) is 3.28. The third-order valence-electron chi connectivity index (χ3n) is 5.03. The zero-order valence-corrected chi connectivity index (χ0v) is 16.1. The summed E-state index contributed by atoms with van der Waals surface area (Å²) < 4.78 is 28.7. The topological polar surface area (TPSA) is 32.8 Å². The van der Waals surface area contributed by atoms with E-state index in [0.29, 0.717) is 13.1 Å². The van der Waals surface area contributed by atoms with Gasteiger partial charge in [0.1, 0.15) is 5.75 Å². The molecule has 28 heavy (non-hydrogen) atoms. The number of hydrogen-bond acceptors (Lipinski definition) is 3. The van der Waals surface area contributed by atoms with Crippen LogP contribution in [-0.2, 0) is 4.79 Å². The van der Waals surface area contributed by atoms with E-state index in [-0.39, 0.29) is 11.7 Å². The molecule has 1 amide bonds. The van der Waals surface area contributed by atoms with Crippen LogP contribution in [0.5, 0.6) is 5.75 Å². The van der Waals surface area contributed by atoms with Gasteiger partial charge in [-0.15, -0.1) is 0 Å². The second kappa shape index (κ2) is 8.87. The summed E-state index contributed by atoms with van der Waals surface area (Å²) >= 11 is 0. The number of halogens is 2. The molecule has 1 aliphatic rings. The van der Waals surface area contributed by atoms with Crippen LogP contribution in [0.2, 0.25) is 0 Å². The Kier molecular flexibility index (Phi) is 6.29. The predicted molar refractivity (Wildman–Crippen MR) is 107 cm³/mol. The lowest BCUT2D eigenvalue weighted by Crippen LogP contribution is -2.48. The van der Waals surface area contributed by atoms with Gasteiger partial charge in [0, 0.05) is 37.9 Å². The van der Waals surface area contributed by atoms with Crippen molar-refractivity contribution in [2.75, 3.05) is 31.1 Å². The van der Waals surface area contributed by atoms with Gasteiger partial charge in [0.15, 0.2) is 0 Å². The Balaban J connectivity index is 1.55. The number of piperazine rings is 1. The highest BCUT2D eigenvalue weighted by Gasteiger charge is 2.21. The SMILES string of the molecule is Cc1cccc(N2CCN(C(=O)/C=C/c3ccc(OC(F)F)cc3)CC2)c1C. The molecule has 0 spiro atoms. The highest BCUT2D eigenvalue weighted by Crippen LogP contribution is 2.24. The second-order valence-electron chi connectivity index (χ2n) is 6.81. The van der Waals surface area contributed by atoms with Gasteiger partial charge < -0.3 is 14.5 Å². The van der Waals surface area contributed by atoms with Crippen molar-refractivity contribution < 1.29 is 18.3 Å². The van der Waals surface area contributed by atoms with Gasteiger partial charge in [-0.05, 0) is 54.8 Å². The molecule has 0 aliphatic carbocycles. The lowest BCUT2D eigenvalue weighted by atomic mass is 10.1. The van der Waals surface area contributed by atoms with Crippen molar-refractivity contribution in [3.05, 3.63) is 65.2 Å². The Labute approximate surface area is 164 Å². The van der Waals surface area contributed by atoms with Crippen molar-refractivity contribution in [3.8, 4) is 5.75 Å². The second-order valence-corrected chi connectivity index (χ2v) is 6.81. The number of amides is 1. The Morgan fingerprint density at radius 3 is 2.36 bits per heavy atom. The molecule has 0 N–H and O–H groups in total. The number of aryl methyl sites for hydroxylation is 1. The first-order chi connectivity index (χ1) is 13.4. The third-order valence-corrected chi connectivity index (χ3v) is 5.03. The van der Waals surface area contributed by atoms with Crippen molar-refractivity contribution in [2.24, 2.45) is 0 Å². The maximum atomic E-state index is 12.4. The Morgan fingerprint density at radius 2 is 1.71 bits per heavy atom. The number of rotatable bonds is 5. The highest BCUT2D eigenvalue weighted by atomic mass is 19.3. The van der Waals surface area contributed by atoms with Crippen LogP contribution >= 0.6 is 0 Å². The fraction of sp³-hybridized carbons (Fsp3) is 0.318. The molecular formula is C22H24F2N2O2. The quantitative estimate of drug-likeness (QED) is 0.720. The number of carbonyl (C=O) groups is 1. The van der Waals surface area contributed by atoms with E-state index in [4.69, 9.17) is 0 Å². The summed E-state index contributed by atoms with van der Waals surface area (Å²) in [7, 11) is 0. The molecule has 1 aliphatic heterocycles. The standard InChI is InChI=1S/C22H24F2N2O2/c1-16-4-3-5-20(17(16)2)25-12-14-26(15-13-25)21(27)11-8-18-6-9-19(10-7-18)28-22(23)24/h3-11,22H,12-15H2,1-2H3/b11-8+. The highest BCUT2D eigenvalue weighted by molar-refractivity contribution is 5.92. The van der Waals surface area contributed by atoms with Crippen molar-refractivity contribution >= 4 is 17.7 Å². The van der Waals surface area contributed by atoms with Crippen LogP contribution < -0.4 is 9.64 Å². The number of carbonyl (C=O) groups excluding carboxylic acids is 1. The van der Waals surface area contributed by atoms with Crippen molar-refractivity contribution in [3.63, 3.8) is 0 Å². The summed E-state index contributed by atoms with van der Waals surface area (Å²) in [5.41, 5.74) is 4.53. The average Bonchev–Trinajstić information content (AvgIpc) is 2.69. The van der Waals surface area contributed by atoms with Gasteiger partial charge in [-0.25, -0.2) is 0 Å². The molecule has 1 heterocycles. The van der Waals surface area contributed by atoms with Crippen LogP contribution in [0.25, 0.3) is 6.08 Å². The van der Waals surface area contributed by atoms with Crippen molar-refractivity contribution in [1.29, 1.82) is 0 Å². The molecule has 4 nitrogen and oxygen atoms in total. The van der Waals surface area contributed by atoms with Crippen LogP contribution in [0.1, 0.15) is 16.7 Å². The summed E-state index contributed by atoms with van der Waals surface area (Å²) in [6.07, 6.45) is 3.21. The molecule has 3 rings (SSSR count). The van der Waals surface area contributed by atoms with Crippen molar-refractivity contribution in [2.45, 2.75) is 20.5 Å². The molecule has 0 unspecified atom stereocenters. The molecule has 0 bridgehead atoms. The van der Waals surface area contributed by atoms with Crippen LogP contribution in [-0.4, -0.2) is 43.6 Å². The number of anilines is 1. The smallest absolute Gasteiger partial charge is 0.387 e. The Hall–Kier alpha value is -2.89. The lowest BCUT2D eigenvalue weighted by molar-refractivity contribution is -0.126. The first-order valence-electron chi connectivity index (χ1n) is 9.27. The first-order valence-corrected chi connectivity index (χ1v) is 9.27. The van der Waals surface area contributed by atoms with Gasteiger partial charge in [-0.1, -0.05) is 24.3 Å². The van der Waals surface area contributed by atoms with E-state index in [1.807, 2.05) is 4.90 Å². The van der Waals surface area contributed by atoms with E-state index >= 15 is 0 Å². The summed E-state index contributed by atoms with van der Waals surface area (Å²) in [5, 5.41) is 0. The number of hydrogen-bond donors (Lipinski definition) is 0. The first kappa shape index (κ1) is 19.9. The van der Waals surface area contributed by atoms with E-state index in [1.165, 1.54) is 35.0 Å². The van der Waals surface area contributed by atoms with Gasteiger partial charge in [0.05, 0.1) is 0 Å². The lowest BCUT2D eigenvalue weighted by Gasteiger charge is -2.36. The van der Waals surface area contributed by atoms with Crippen LogP contribution in [0.15, 0.2) is 48.5 Å². The molecule has 0 saturated carbocycles. The minimum atomic E-state index is -2.84. The van der Waals surface area contributed by atoms with E-state index < -0.39 is 6.61 Å². The summed E-state index contributed by atoms with van der Waals surface area (Å²) in [5.74, 6) is 0.0505. The molecule has 6 heteroatoms. The number of ether oxygens (including phenoxy) is 1. The molecule has 0 radical (unpaired) electrons. The Morgan fingerprint density at radius 1 is 1.04 bits per heavy atom. The van der Waals surface area contributed by atoms with Gasteiger partial charge in [0.25, 0.3) is 0 Å². The maximum absolute atomic E-state index is 12.4. The molecule has 2 aromatic carbocycles. The number of benzene rings is 2. The normalized spacial score (nSPS) is 14.8. The molecule has 1 saturated heterocycles. The largest absolute Gasteiger partial charge is 0.435 e. The number of nitrogens with zero attached hydrogens (tertiary/aromatic N) is 2. The maximum Gasteiger partial charge on any atom is 0.387 e. The van der Waals surface area contributed by atoms with E-state index in [9.17, 15) is 13.6 Å². The minimum absolute atomic E-state index is 0.0477. The average molecular weight is 386 g/mol. The summed E-state index contributed by atoms with van der Waals surface area (Å²) in [6.45, 7) is 4.31. The Bertz CT molecular complexity index is 842. The van der Waals surface area contributed by atoms with Crippen molar-refractivity contribution in [1.82, 2.24) is 4.90 Å². The van der Waals surface area contributed by atoms with E-state index in [0.717, 1.165) is 18.7 Å². The predicted octanol–water partition coefficient (Wildman–Crippen LogP) is 4.27. The molecule has 2 aromatic rings.